The highest BCUT2D eigenvalue weighted by Crippen LogP contribution is 2.37. The van der Waals surface area contributed by atoms with Crippen LogP contribution in [0.4, 0.5) is 5.69 Å². The number of anilines is 1. The van der Waals surface area contributed by atoms with Crippen LogP contribution in [0.2, 0.25) is 0 Å². The van der Waals surface area contributed by atoms with Crippen molar-refractivity contribution in [3.05, 3.63) is 29.3 Å². The zero-order chi connectivity index (χ0) is 13.6. The van der Waals surface area contributed by atoms with Crippen molar-refractivity contribution < 1.29 is 9.59 Å². The van der Waals surface area contributed by atoms with Crippen molar-refractivity contribution in [2.45, 2.75) is 44.6 Å². The molecule has 0 radical (unpaired) electrons. The van der Waals surface area contributed by atoms with Crippen LogP contribution in [0.15, 0.2) is 18.2 Å². The number of amides is 2. The smallest absolute Gasteiger partial charge is 0.234 e. The van der Waals surface area contributed by atoms with Gasteiger partial charge in [-0.3, -0.25) is 9.59 Å². The number of fused-ring (bicyclic) bond motifs is 1. The lowest BCUT2D eigenvalue weighted by molar-refractivity contribution is -0.120. The van der Waals surface area contributed by atoms with Gasteiger partial charge in [-0.2, -0.15) is 0 Å². The van der Waals surface area contributed by atoms with E-state index in [-0.39, 0.29) is 11.8 Å². The Bertz CT molecular complexity index is 559. The van der Waals surface area contributed by atoms with E-state index in [0.717, 1.165) is 29.7 Å². The van der Waals surface area contributed by atoms with Crippen LogP contribution in [0.1, 0.15) is 37.8 Å². The standard InChI is InChI=1S/C15H18N2O2/c1-15(2)11-7-9(3-6-12(11)17-14(15)19)8-13(18)16-10-4-5-10/h3,6-7,10H,4-5,8H2,1-2H3,(H,16,18)(H,17,19). The Balaban J connectivity index is 1.79. The van der Waals surface area contributed by atoms with Gasteiger partial charge in [-0.1, -0.05) is 12.1 Å². The summed E-state index contributed by atoms with van der Waals surface area (Å²) >= 11 is 0. The molecule has 1 aliphatic heterocycles. The molecule has 1 aromatic rings. The van der Waals surface area contributed by atoms with Crippen LogP contribution < -0.4 is 10.6 Å². The molecule has 2 aliphatic rings. The lowest BCUT2D eigenvalue weighted by atomic mass is 9.85. The summed E-state index contributed by atoms with van der Waals surface area (Å²) in [5, 5.41) is 5.85. The topological polar surface area (TPSA) is 58.2 Å². The Labute approximate surface area is 112 Å². The molecule has 1 aliphatic carbocycles. The normalized spacial score (nSPS) is 19.8. The molecule has 0 bridgehead atoms. The molecule has 2 N–H and O–H groups in total. The SMILES string of the molecule is CC1(C)C(=O)Nc2ccc(CC(=O)NC3CC3)cc21. The van der Waals surface area contributed by atoms with Gasteiger partial charge >= 0.3 is 0 Å². The average molecular weight is 258 g/mol. The molecule has 0 aromatic heterocycles. The number of rotatable bonds is 3. The first-order valence-electron chi connectivity index (χ1n) is 6.71. The van der Waals surface area contributed by atoms with Gasteiger partial charge in [-0.15, -0.1) is 0 Å². The summed E-state index contributed by atoms with van der Waals surface area (Å²) < 4.78 is 0. The Hall–Kier alpha value is -1.84. The van der Waals surface area contributed by atoms with Crippen LogP contribution in [0, 0.1) is 0 Å². The lowest BCUT2D eigenvalue weighted by Gasteiger charge is -2.15. The zero-order valence-corrected chi connectivity index (χ0v) is 11.2. The van der Waals surface area contributed by atoms with Gasteiger partial charge in [-0.25, -0.2) is 0 Å². The predicted octanol–water partition coefficient (Wildman–Crippen LogP) is 1.74. The number of benzene rings is 1. The molecule has 19 heavy (non-hydrogen) atoms. The van der Waals surface area contributed by atoms with E-state index in [9.17, 15) is 9.59 Å². The Morgan fingerprint density at radius 1 is 1.42 bits per heavy atom. The summed E-state index contributed by atoms with van der Waals surface area (Å²) in [7, 11) is 0. The zero-order valence-electron chi connectivity index (χ0n) is 11.2. The van der Waals surface area contributed by atoms with Crippen molar-refractivity contribution in [3.8, 4) is 0 Å². The quantitative estimate of drug-likeness (QED) is 0.867. The van der Waals surface area contributed by atoms with E-state index in [0.29, 0.717) is 12.5 Å². The van der Waals surface area contributed by atoms with Crippen molar-refractivity contribution >= 4 is 17.5 Å². The lowest BCUT2D eigenvalue weighted by Crippen LogP contribution is -2.28. The third-order valence-electron chi connectivity index (χ3n) is 3.88. The predicted molar refractivity (Wildman–Crippen MR) is 73.0 cm³/mol. The number of hydrogen-bond acceptors (Lipinski definition) is 2. The van der Waals surface area contributed by atoms with Crippen LogP contribution >= 0.6 is 0 Å². The Morgan fingerprint density at radius 2 is 2.16 bits per heavy atom. The van der Waals surface area contributed by atoms with Crippen molar-refractivity contribution in [2.75, 3.05) is 5.32 Å². The molecule has 0 spiro atoms. The summed E-state index contributed by atoms with van der Waals surface area (Å²) in [6.45, 7) is 3.81. The molecule has 2 amide bonds. The molecule has 100 valence electrons. The van der Waals surface area contributed by atoms with Crippen molar-refractivity contribution in [3.63, 3.8) is 0 Å². The maximum absolute atomic E-state index is 11.8. The fourth-order valence-electron chi connectivity index (χ4n) is 2.42. The van der Waals surface area contributed by atoms with E-state index in [4.69, 9.17) is 0 Å². The first-order chi connectivity index (χ1) is 8.96. The summed E-state index contributed by atoms with van der Waals surface area (Å²) in [6.07, 6.45) is 2.58. The van der Waals surface area contributed by atoms with E-state index in [1.807, 2.05) is 32.0 Å². The second-order valence-electron chi connectivity index (χ2n) is 5.98. The van der Waals surface area contributed by atoms with Crippen LogP contribution in [0.3, 0.4) is 0 Å². The third kappa shape index (κ3) is 2.23. The van der Waals surface area contributed by atoms with Gasteiger partial charge in [0.2, 0.25) is 11.8 Å². The van der Waals surface area contributed by atoms with Crippen molar-refractivity contribution in [1.29, 1.82) is 0 Å². The van der Waals surface area contributed by atoms with E-state index in [2.05, 4.69) is 10.6 Å². The van der Waals surface area contributed by atoms with E-state index < -0.39 is 5.41 Å². The monoisotopic (exact) mass is 258 g/mol. The molecule has 1 heterocycles. The summed E-state index contributed by atoms with van der Waals surface area (Å²) in [6, 6.07) is 6.16. The highest BCUT2D eigenvalue weighted by atomic mass is 16.2. The fourth-order valence-corrected chi connectivity index (χ4v) is 2.42. The Morgan fingerprint density at radius 3 is 2.84 bits per heavy atom. The van der Waals surface area contributed by atoms with E-state index >= 15 is 0 Å². The first-order valence-corrected chi connectivity index (χ1v) is 6.71. The largest absolute Gasteiger partial charge is 0.353 e. The Kier molecular flexibility index (Phi) is 2.62. The minimum absolute atomic E-state index is 0.0158. The maximum Gasteiger partial charge on any atom is 0.234 e. The summed E-state index contributed by atoms with van der Waals surface area (Å²) in [5.74, 6) is 0.0830. The van der Waals surface area contributed by atoms with Crippen LogP contribution in [0.25, 0.3) is 0 Å². The maximum atomic E-state index is 11.8. The van der Waals surface area contributed by atoms with Crippen LogP contribution in [-0.4, -0.2) is 17.9 Å². The minimum Gasteiger partial charge on any atom is -0.353 e. The molecule has 4 heteroatoms. The molecule has 0 atom stereocenters. The number of nitrogens with one attached hydrogen (secondary N) is 2. The third-order valence-corrected chi connectivity index (χ3v) is 3.88. The molecule has 0 unspecified atom stereocenters. The van der Waals surface area contributed by atoms with Crippen LogP contribution in [-0.2, 0) is 21.4 Å². The van der Waals surface area contributed by atoms with Gasteiger partial charge in [0, 0.05) is 11.7 Å². The summed E-state index contributed by atoms with van der Waals surface area (Å²) in [4.78, 5) is 23.6. The van der Waals surface area contributed by atoms with Gasteiger partial charge < -0.3 is 10.6 Å². The van der Waals surface area contributed by atoms with Gasteiger partial charge in [0.05, 0.1) is 11.8 Å². The van der Waals surface area contributed by atoms with Crippen molar-refractivity contribution in [1.82, 2.24) is 5.32 Å². The number of carbonyl (C=O) groups excluding carboxylic acids is 2. The highest BCUT2D eigenvalue weighted by molar-refractivity contribution is 6.05. The summed E-state index contributed by atoms with van der Waals surface area (Å²) in [5.41, 5.74) is 2.29. The van der Waals surface area contributed by atoms with Crippen molar-refractivity contribution in [2.24, 2.45) is 0 Å². The molecule has 1 fully saturated rings. The van der Waals surface area contributed by atoms with E-state index in [1.165, 1.54) is 0 Å². The molecule has 3 rings (SSSR count). The molecule has 0 saturated heterocycles. The second-order valence-corrected chi connectivity index (χ2v) is 5.98. The van der Waals surface area contributed by atoms with Crippen LogP contribution in [0.5, 0.6) is 0 Å². The molecule has 4 nitrogen and oxygen atoms in total. The number of carbonyl (C=O) groups is 2. The highest BCUT2D eigenvalue weighted by Gasteiger charge is 2.38. The minimum atomic E-state index is -0.516. The van der Waals surface area contributed by atoms with E-state index in [1.54, 1.807) is 0 Å². The molecule has 1 aromatic carbocycles. The van der Waals surface area contributed by atoms with Gasteiger partial charge in [0.25, 0.3) is 0 Å². The molecular weight excluding hydrogens is 240 g/mol. The fraction of sp³-hybridized carbons (Fsp3) is 0.467. The molecular formula is C15H18N2O2. The number of hydrogen-bond donors (Lipinski definition) is 2. The second kappa shape index (κ2) is 4.08. The van der Waals surface area contributed by atoms with Gasteiger partial charge in [-0.05, 0) is 43.9 Å². The first kappa shape index (κ1) is 12.2. The van der Waals surface area contributed by atoms with Gasteiger partial charge in [0.15, 0.2) is 0 Å². The molecule has 1 saturated carbocycles. The van der Waals surface area contributed by atoms with Gasteiger partial charge in [0.1, 0.15) is 0 Å². The average Bonchev–Trinajstić information content (AvgIpc) is 3.10.